The van der Waals surface area contributed by atoms with E-state index in [-0.39, 0.29) is 18.1 Å². The van der Waals surface area contributed by atoms with E-state index in [2.05, 4.69) is 15.3 Å². The van der Waals surface area contributed by atoms with Crippen molar-refractivity contribution in [1.82, 2.24) is 19.8 Å². The number of aromatic nitrogens is 2. The van der Waals surface area contributed by atoms with E-state index in [1.165, 1.54) is 0 Å². The number of amides is 1. The molecule has 0 spiro atoms. The number of amidine groups is 1. The lowest BCUT2D eigenvalue weighted by molar-refractivity contribution is 0.0926. The summed E-state index contributed by atoms with van der Waals surface area (Å²) >= 11 is 6.20. The standard InChI is InChI=1S/C29H33ClN6O2/c1-19(2)38-27-16-22(33-28(31)26-7-5-6-13-35(26)4)9-11-24(27)29(37)34-25(17-36-14-12-32-18-36)23-10-8-21(30)15-20(23)3/h5-12,14-16,18-19,25H,13,17H2,1-4H3,(H2,31,33)(H,34,37)/t25-/m0/s1. The fourth-order valence-electron chi connectivity index (χ4n) is 4.29. The second-order valence-corrected chi connectivity index (χ2v) is 9.93. The summed E-state index contributed by atoms with van der Waals surface area (Å²) in [4.78, 5) is 24.4. The second-order valence-electron chi connectivity index (χ2n) is 9.49. The van der Waals surface area contributed by atoms with Crippen molar-refractivity contribution in [1.29, 1.82) is 0 Å². The number of carbonyl (C=O) groups excluding carboxylic acids is 1. The van der Waals surface area contributed by atoms with E-state index in [1.54, 1.807) is 30.7 Å². The largest absolute Gasteiger partial charge is 0.490 e. The average Bonchev–Trinajstić information content (AvgIpc) is 3.37. The van der Waals surface area contributed by atoms with E-state index in [9.17, 15) is 4.79 Å². The Balaban J connectivity index is 1.64. The minimum absolute atomic E-state index is 0.143. The van der Waals surface area contributed by atoms with Crippen LogP contribution in [0.25, 0.3) is 0 Å². The molecule has 1 aliphatic heterocycles. The molecule has 0 fully saturated rings. The SMILES string of the molecule is Cc1cc(Cl)ccc1[C@H](Cn1ccnc1)NC(=O)c1ccc(N=C(N)C2=CC=CCN2C)cc1OC(C)C. The highest BCUT2D eigenvalue weighted by Gasteiger charge is 2.22. The van der Waals surface area contributed by atoms with Crippen molar-refractivity contribution in [2.24, 2.45) is 10.7 Å². The van der Waals surface area contributed by atoms with Crippen LogP contribution in [-0.2, 0) is 6.54 Å². The Labute approximate surface area is 228 Å². The maximum Gasteiger partial charge on any atom is 0.255 e. The number of ether oxygens (including phenoxy) is 1. The van der Waals surface area contributed by atoms with Crippen LogP contribution >= 0.6 is 11.6 Å². The summed E-state index contributed by atoms with van der Waals surface area (Å²) in [5.74, 6) is 0.568. The van der Waals surface area contributed by atoms with Crippen molar-refractivity contribution >= 4 is 29.0 Å². The minimum atomic E-state index is -0.323. The van der Waals surface area contributed by atoms with Gasteiger partial charge in [0.15, 0.2) is 0 Å². The summed E-state index contributed by atoms with van der Waals surface area (Å²) in [6, 6.07) is 10.6. The third kappa shape index (κ3) is 6.63. The number of benzene rings is 2. The predicted molar refractivity (Wildman–Crippen MR) is 152 cm³/mol. The normalized spacial score (nSPS) is 14.4. The van der Waals surface area contributed by atoms with Gasteiger partial charge in [0.05, 0.1) is 35.4 Å². The lowest BCUT2D eigenvalue weighted by Gasteiger charge is -2.23. The fraction of sp³-hybridized carbons (Fsp3) is 0.276. The first-order valence-corrected chi connectivity index (χ1v) is 12.8. The van der Waals surface area contributed by atoms with Crippen LogP contribution in [0.3, 0.4) is 0 Å². The molecule has 0 bridgehead atoms. The molecule has 38 heavy (non-hydrogen) atoms. The van der Waals surface area contributed by atoms with Gasteiger partial charge >= 0.3 is 0 Å². The molecule has 1 aromatic heterocycles. The Morgan fingerprint density at radius 1 is 1.26 bits per heavy atom. The number of nitrogens with one attached hydrogen (secondary N) is 1. The van der Waals surface area contributed by atoms with E-state index < -0.39 is 0 Å². The lowest BCUT2D eigenvalue weighted by Crippen LogP contribution is -2.32. The van der Waals surface area contributed by atoms with Crippen molar-refractivity contribution in [2.45, 2.75) is 39.5 Å². The van der Waals surface area contributed by atoms with Crippen LogP contribution < -0.4 is 15.8 Å². The molecule has 3 aromatic rings. The number of hydrogen-bond donors (Lipinski definition) is 2. The third-order valence-corrected chi connectivity index (χ3v) is 6.37. The van der Waals surface area contributed by atoms with Crippen LogP contribution in [0.2, 0.25) is 5.02 Å². The molecule has 0 radical (unpaired) electrons. The number of aliphatic imine (C=N–C) groups is 1. The average molecular weight is 533 g/mol. The second kappa shape index (κ2) is 12.0. The summed E-state index contributed by atoms with van der Waals surface area (Å²) in [7, 11) is 1.96. The van der Waals surface area contributed by atoms with E-state index in [4.69, 9.17) is 22.1 Å². The summed E-state index contributed by atoms with van der Waals surface area (Å²) < 4.78 is 7.98. The van der Waals surface area contributed by atoms with Crippen molar-refractivity contribution in [3.63, 3.8) is 0 Å². The van der Waals surface area contributed by atoms with Gasteiger partial charge in [0.1, 0.15) is 11.6 Å². The van der Waals surface area contributed by atoms with Gasteiger partial charge in [-0.25, -0.2) is 9.98 Å². The third-order valence-electron chi connectivity index (χ3n) is 6.13. The molecule has 2 heterocycles. The Morgan fingerprint density at radius 3 is 2.76 bits per heavy atom. The number of nitrogens with zero attached hydrogens (tertiary/aromatic N) is 4. The Bertz CT molecular complexity index is 1380. The van der Waals surface area contributed by atoms with Crippen molar-refractivity contribution in [2.75, 3.05) is 13.6 Å². The van der Waals surface area contributed by atoms with Crippen LogP contribution in [0.15, 0.2) is 84.0 Å². The van der Waals surface area contributed by atoms with Crippen molar-refractivity contribution < 1.29 is 9.53 Å². The first kappa shape index (κ1) is 27.0. The van der Waals surface area contributed by atoms with E-state index in [1.807, 2.05) is 79.9 Å². The molecule has 2 aromatic carbocycles. The molecular weight excluding hydrogens is 500 g/mol. The van der Waals surface area contributed by atoms with E-state index in [0.29, 0.717) is 34.4 Å². The molecule has 8 nitrogen and oxygen atoms in total. The van der Waals surface area contributed by atoms with Crippen LogP contribution in [0.1, 0.15) is 41.4 Å². The van der Waals surface area contributed by atoms with Gasteiger partial charge in [-0.05, 0) is 62.2 Å². The Kier molecular flexibility index (Phi) is 8.53. The quantitative estimate of drug-likeness (QED) is 0.292. The first-order valence-electron chi connectivity index (χ1n) is 12.5. The molecule has 0 aliphatic carbocycles. The monoisotopic (exact) mass is 532 g/mol. The number of likely N-dealkylation sites (N-methyl/N-ethyl adjacent to an activating group) is 1. The molecule has 3 N–H and O–H groups in total. The highest BCUT2D eigenvalue weighted by Crippen LogP contribution is 2.29. The smallest absolute Gasteiger partial charge is 0.255 e. The van der Waals surface area contributed by atoms with E-state index >= 15 is 0 Å². The molecule has 9 heteroatoms. The summed E-state index contributed by atoms with van der Waals surface area (Å²) in [6.45, 7) is 7.08. The highest BCUT2D eigenvalue weighted by molar-refractivity contribution is 6.30. The zero-order valence-electron chi connectivity index (χ0n) is 22.1. The summed E-state index contributed by atoms with van der Waals surface area (Å²) in [5, 5.41) is 3.83. The number of nitrogens with two attached hydrogens (primary N) is 1. The molecule has 0 saturated heterocycles. The van der Waals surface area contributed by atoms with Gasteiger partial charge in [-0.1, -0.05) is 29.8 Å². The van der Waals surface area contributed by atoms with Gasteiger partial charge in [-0.15, -0.1) is 0 Å². The molecule has 1 atom stereocenters. The molecule has 198 valence electrons. The summed E-state index contributed by atoms with van der Waals surface area (Å²) in [6.07, 6.45) is 11.1. The van der Waals surface area contributed by atoms with Crippen molar-refractivity contribution in [3.8, 4) is 5.75 Å². The van der Waals surface area contributed by atoms with Gasteiger partial charge in [-0.2, -0.15) is 0 Å². The highest BCUT2D eigenvalue weighted by atomic mass is 35.5. The number of allylic oxidation sites excluding steroid dienone is 2. The number of halogens is 1. The fourth-order valence-corrected chi connectivity index (χ4v) is 4.52. The van der Waals surface area contributed by atoms with Gasteiger partial charge in [0, 0.05) is 43.6 Å². The molecule has 0 saturated carbocycles. The zero-order valence-corrected chi connectivity index (χ0v) is 22.8. The lowest BCUT2D eigenvalue weighted by atomic mass is 10.0. The molecule has 1 amide bonds. The van der Waals surface area contributed by atoms with Gasteiger partial charge in [-0.3, -0.25) is 4.79 Å². The number of rotatable bonds is 9. The van der Waals surface area contributed by atoms with Gasteiger partial charge in [0.2, 0.25) is 0 Å². The number of carbonyl (C=O) groups is 1. The van der Waals surface area contributed by atoms with Gasteiger partial charge < -0.3 is 25.3 Å². The Morgan fingerprint density at radius 2 is 2.08 bits per heavy atom. The van der Waals surface area contributed by atoms with E-state index in [0.717, 1.165) is 23.4 Å². The number of aryl methyl sites for hydroxylation is 1. The molecule has 0 unspecified atom stereocenters. The maximum absolute atomic E-state index is 13.6. The maximum atomic E-state index is 13.6. The van der Waals surface area contributed by atoms with Crippen molar-refractivity contribution in [3.05, 3.63) is 101 Å². The van der Waals surface area contributed by atoms with Crippen LogP contribution in [0, 0.1) is 6.92 Å². The minimum Gasteiger partial charge on any atom is -0.490 e. The molecule has 1 aliphatic rings. The first-order chi connectivity index (χ1) is 18.2. The number of hydrogen-bond acceptors (Lipinski definition) is 5. The van der Waals surface area contributed by atoms with Crippen LogP contribution in [0.4, 0.5) is 5.69 Å². The molecular formula is C29H33ClN6O2. The number of imidazole rings is 1. The predicted octanol–water partition coefficient (Wildman–Crippen LogP) is 5.18. The van der Waals surface area contributed by atoms with Crippen LogP contribution in [-0.4, -0.2) is 45.9 Å². The topological polar surface area (TPSA) is 97.8 Å². The van der Waals surface area contributed by atoms with Gasteiger partial charge in [0.25, 0.3) is 5.91 Å². The summed E-state index contributed by atoms with van der Waals surface area (Å²) in [5.41, 5.74) is 10.1. The zero-order chi connectivity index (χ0) is 27.2. The molecule has 4 rings (SSSR count). The van der Waals surface area contributed by atoms with Crippen LogP contribution in [0.5, 0.6) is 5.75 Å². The Hall–Kier alpha value is -4.04.